The third-order valence-corrected chi connectivity index (χ3v) is 7.63. The van der Waals surface area contributed by atoms with E-state index in [4.69, 9.17) is 10.7 Å². The van der Waals surface area contributed by atoms with Gasteiger partial charge in [0.05, 0.1) is 40.8 Å². The van der Waals surface area contributed by atoms with Crippen LogP contribution in [0.4, 0.5) is 15.8 Å². The fraction of sp³-hybridized carbons (Fsp3) is 0.179. The van der Waals surface area contributed by atoms with Crippen LogP contribution < -0.4 is 10.0 Å². The van der Waals surface area contributed by atoms with Gasteiger partial charge in [-0.25, -0.2) is 17.8 Å². The number of aliphatic imine (C=N–C) groups is 1. The van der Waals surface area contributed by atoms with E-state index in [1.165, 1.54) is 56.3 Å². The number of benzene rings is 3. The molecule has 3 aromatic carbocycles. The molecule has 0 unspecified atom stereocenters. The van der Waals surface area contributed by atoms with Crippen molar-refractivity contribution in [2.24, 2.45) is 10.7 Å². The molecule has 4 aromatic rings. The van der Waals surface area contributed by atoms with Gasteiger partial charge in [0.2, 0.25) is 15.9 Å². The standard InChI is InChI=1S/C28H27FN4O6S/c1-28(2,27(30)37)33(40(3,38)39)20-10-8-19(9-11-20)31-25(17-6-4-5-16(13-17)14-23(34)35)24-21-12-7-18(29)15-22(21)32-26(24)36/h4-13,15,32,36H,14H2,1-3H3,(H2,30,37)(H,34,35). The number of aromatic nitrogens is 1. The topological polar surface area (TPSA) is 166 Å². The first-order valence-electron chi connectivity index (χ1n) is 12.0. The number of aromatic amines is 1. The van der Waals surface area contributed by atoms with Crippen molar-refractivity contribution >= 4 is 49.9 Å². The fourth-order valence-electron chi connectivity index (χ4n) is 4.48. The maximum Gasteiger partial charge on any atom is 0.307 e. The molecule has 12 heteroatoms. The summed E-state index contributed by atoms with van der Waals surface area (Å²) in [5.74, 6) is -2.64. The van der Waals surface area contributed by atoms with Crippen molar-refractivity contribution < 1.29 is 32.6 Å². The van der Waals surface area contributed by atoms with Crippen molar-refractivity contribution in [1.29, 1.82) is 0 Å². The summed E-state index contributed by atoms with van der Waals surface area (Å²) in [5.41, 5.74) is 6.28. The van der Waals surface area contributed by atoms with Gasteiger partial charge in [-0.15, -0.1) is 0 Å². The molecule has 0 spiro atoms. The molecule has 1 amide bonds. The number of sulfonamides is 1. The Kier molecular flexibility index (Phi) is 7.40. The number of halogens is 1. The van der Waals surface area contributed by atoms with Gasteiger partial charge in [0.25, 0.3) is 0 Å². The Morgan fingerprint density at radius 1 is 1.07 bits per heavy atom. The first-order valence-corrected chi connectivity index (χ1v) is 13.8. The summed E-state index contributed by atoms with van der Waals surface area (Å²) in [6, 6.07) is 16.6. The van der Waals surface area contributed by atoms with Gasteiger partial charge < -0.3 is 20.9 Å². The van der Waals surface area contributed by atoms with E-state index in [1.807, 2.05) is 0 Å². The molecule has 5 N–H and O–H groups in total. The molecule has 0 atom stereocenters. The Labute approximate surface area is 229 Å². The highest BCUT2D eigenvalue weighted by molar-refractivity contribution is 7.92. The van der Waals surface area contributed by atoms with Gasteiger partial charge in [0.1, 0.15) is 11.4 Å². The van der Waals surface area contributed by atoms with Crippen LogP contribution in [-0.4, -0.2) is 53.0 Å². The predicted octanol–water partition coefficient (Wildman–Crippen LogP) is 3.84. The molecule has 0 saturated carbocycles. The number of hydrogen-bond donors (Lipinski definition) is 4. The van der Waals surface area contributed by atoms with Crippen molar-refractivity contribution in [3.05, 3.63) is 89.2 Å². The van der Waals surface area contributed by atoms with Crippen molar-refractivity contribution in [2.75, 3.05) is 10.6 Å². The first-order chi connectivity index (χ1) is 18.7. The zero-order valence-electron chi connectivity index (χ0n) is 21.8. The van der Waals surface area contributed by atoms with Gasteiger partial charge in [-0.2, -0.15) is 0 Å². The van der Waals surface area contributed by atoms with Crippen LogP contribution in [0, 0.1) is 5.82 Å². The SMILES string of the molecule is CC(C)(C(N)=O)N(c1ccc(N=C(c2cccc(CC(=O)O)c2)c2c(O)[nH]c3cc(F)ccc23)cc1)S(C)(=O)=O. The zero-order chi connectivity index (χ0) is 29.4. The van der Waals surface area contributed by atoms with Gasteiger partial charge in [-0.1, -0.05) is 18.2 Å². The molecule has 1 aromatic heterocycles. The molecular weight excluding hydrogens is 539 g/mol. The second kappa shape index (κ2) is 10.5. The lowest BCUT2D eigenvalue weighted by molar-refractivity contribution is -0.136. The number of fused-ring (bicyclic) bond motifs is 1. The summed E-state index contributed by atoms with van der Waals surface area (Å²) in [6.07, 6.45) is 0.729. The van der Waals surface area contributed by atoms with Gasteiger partial charge in [-0.3, -0.25) is 13.9 Å². The molecule has 4 rings (SSSR count). The predicted molar refractivity (Wildman–Crippen MR) is 150 cm³/mol. The second-order valence-electron chi connectivity index (χ2n) is 9.74. The van der Waals surface area contributed by atoms with E-state index in [9.17, 15) is 32.6 Å². The van der Waals surface area contributed by atoms with E-state index in [0.29, 0.717) is 27.7 Å². The summed E-state index contributed by atoms with van der Waals surface area (Å²) >= 11 is 0. The summed E-state index contributed by atoms with van der Waals surface area (Å²) in [4.78, 5) is 30.8. The van der Waals surface area contributed by atoms with E-state index in [-0.39, 0.29) is 29.3 Å². The summed E-state index contributed by atoms with van der Waals surface area (Å²) in [6.45, 7) is 2.79. The molecular formula is C28H27FN4O6S. The number of anilines is 1. The number of primary amides is 1. The van der Waals surface area contributed by atoms with Crippen LogP contribution in [0.15, 0.2) is 71.7 Å². The minimum Gasteiger partial charge on any atom is -0.494 e. The number of carbonyl (C=O) groups is 2. The number of nitrogens with zero attached hydrogens (tertiary/aromatic N) is 2. The number of aliphatic carboxylic acids is 1. The Morgan fingerprint density at radius 2 is 1.75 bits per heavy atom. The lowest BCUT2D eigenvalue weighted by Gasteiger charge is -2.35. The Balaban J connectivity index is 1.90. The highest BCUT2D eigenvalue weighted by Crippen LogP contribution is 2.33. The lowest BCUT2D eigenvalue weighted by atomic mass is 9.98. The number of H-pyrrole nitrogens is 1. The molecule has 10 nitrogen and oxygen atoms in total. The molecule has 1 heterocycles. The van der Waals surface area contributed by atoms with E-state index >= 15 is 0 Å². The smallest absolute Gasteiger partial charge is 0.307 e. The molecule has 0 aliphatic rings. The maximum absolute atomic E-state index is 13.9. The van der Waals surface area contributed by atoms with Crippen LogP contribution in [0.1, 0.15) is 30.5 Å². The van der Waals surface area contributed by atoms with Gasteiger partial charge in [-0.05, 0) is 67.9 Å². The van der Waals surface area contributed by atoms with Crippen molar-refractivity contribution in [3.63, 3.8) is 0 Å². The van der Waals surface area contributed by atoms with Gasteiger partial charge in [0.15, 0.2) is 5.88 Å². The quantitative estimate of drug-likeness (QED) is 0.225. The summed E-state index contributed by atoms with van der Waals surface area (Å²) in [7, 11) is -3.90. The van der Waals surface area contributed by atoms with E-state index in [0.717, 1.165) is 10.6 Å². The van der Waals surface area contributed by atoms with Gasteiger partial charge >= 0.3 is 5.97 Å². The average Bonchev–Trinajstić information content (AvgIpc) is 3.16. The summed E-state index contributed by atoms with van der Waals surface area (Å²) in [5, 5.41) is 20.6. The third-order valence-electron chi connectivity index (χ3n) is 6.30. The van der Waals surface area contributed by atoms with Crippen LogP contribution in [0.3, 0.4) is 0 Å². The van der Waals surface area contributed by atoms with Crippen LogP contribution in [-0.2, 0) is 26.0 Å². The van der Waals surface area contributed by atoms with Crippen molar-refractivity contribution in [1.82, 2.24) is 4.98 Å². The van der Waals surface area contributed by atoms with E-state index in [1.54, 1.807) is 24.3 Å². The highest BCUT2D eigenvalue weighted by Gasteiger charge is 2.39. The van der Waals surface area contributed by atoms with Gasteiger partial charge in [0, 0.05) is 10.9 Å². The molecule has 0 aliphatic carbocycles. The molecule has 0 radical (unpaired) electrons. The number of nitrogens with two attached hydrogens (primary N) is 1. The zero-order valence-corrected chi connectivity index (χ0v) is 22.7. The Morgan fingerprint density at radius 3 is 2.35 bits per heavy atom. The largest absolute Gasteiger partial charge is 0.494 e. The number of aromatic hydroxyl groups is 1. The number of carboxylic acids is 1. The fourth-order valence-corrected chi connectivity index (χ4v) is 5.91. The molecule has 40 heavy (non-hydrogen) atoms. The number of amides is 1. The van der Waals surface area contributed by atoms with E-state index in [2.05, 4.69) is 4.98 Å². The summed E-state index contributed by atoms with van der Waals surface area (Å²) < 4.78 is 39.9. The molecule has 0 saturated heterocycles. The monoisotopic (exact) mass is 566 g/mol. The number of hydrogen-bond acceptors (Lipinski definition) is 6. The number of carbonyl (C=O) groups excluding carboxylic acids is 1. The van der Waals surface area contributed by atoms with Crippen LogP contribution in [0.5, 0.6) is 5.88 Å². The normalized spacial score (nSPS) is 12.4. The maximum atomic E-state index is 13.9. The number of nitrogens with one attached hydrogen (secondary N) is 1. The Hall–Kier alpha value is -4.71. The Bertz CT molecular complexity index is 1760. The first kappa shape index (κ1) is 28.3. The average molecular weight is 567 g/mol. The van der Waals surface area contributed by atoms with Crippen molar-refractivity contribution in [2.45, 2.75) is 25.8 Å². The minimum absolute atomic E-state index is 0.181. The van der Waals surface area contributed by atoms with E-state index < -0.39 is 33.3 Å². The molecule has 208 valence electrons. The van der Waals surface area contributed by atoms with Crippen LogP contribution in [0.2, 0.25) is 0 Å². The van der Waals surface area contributed by atoms with Crippen molar-refractivity contribution in [3.8, 4) is 5.88 Å². The molecule has 0 aliphatic heterocycles. The minimum atomic E-state index is -3.90. The molecule has 0 fully saturated rings. The third kappa shape index (κ3) is 5.66. The molecule has 0 bridgehead atoms. The number of rotatable bonds is 9. The lowest BCUT2D eigenvalue weighted by Crippen LogP contribution is -2.55. The highest BCUT2D eigenvalue weighted by atomic mass is 32.2. The van der Waals surface area contributed by atoms with Crippen LogP contribution >= 0.6 is 0 Å². The second-order valence-corrected chi connectivity index (χ2v) is 11.6. The number of carboxylic acid groups (broad SMARTS) is 1. The van der Waals surface area contributed by atoms with Crippen LogP contribution in [0.25, 0.3) is 10.9 Å².